The van der Waals surface area contributed by atoms with Crippen molar-refractivity contribution in [3.8, 4) is 0 Å². The van der Waals surface area contributed by atoms with E-state index in [4.69, 9.17) is 4.74 Å². The van der Waals surface area contributed by atoms with Gasteiger partial charge in [0.2, 0.25) is 5.91 Å². The van der Waals surface area contributed by atoms with Gasteiger partial charge in [-0.25, -0.2) is 4.98 Å². The van der Waals surface area contributed by atoms with E-state index in [1.807, 2.05) is 35.9 Å². The standard InChI is InChI=1S/C18H19N3O3S/c1-3-24-17(23)9-14-11-25-18(19-14)20-16(22)10-21-7-6-13-8-12(2)4-5-15(13)21/h4-8,11H,3,9-10H2,1-2H3,(H,19,20,22). The summed E-state index contributed by atoms with van der Waals surface area (Å²) in [7, 11) is 0. The molecule has 0 saturated heterocycles. The van der Waals surface area contributed by atoms with E-state index in [1.165, 1.54) is 16.9 Å². The van der Waals surface area contributed by atoms with Crippen LogP contribution in [0, 0.1) is 6.92 Å². The van der Waals surface area contributed by atoms with E-state index in [2.05, 4.69) is 16.4 Å². The highest BCUT2D eigenvalue weighted by molar-refractivity contribution is 7.13. The molecule has 1 amide bonds. The Morgan fingerprint density at radius 2 is 2.16 bits per heavy atom. The van der Waals surface area contributed by atoms with Gasteiger partial charge in [0.1, 0.15) is 6.54 Å². The predicted molar refractivity (Wildman–Crippen MR) is 97.8 cm³/mol. The molecule has 0 saturated carbocycles. The third-order valence-corrected chi connectivity index (χ3v) is 4.48. The number of benzene rings is 1. The number of aryl methyl sites for hydroxylation is 1. The first-order valence-electron chi connectivity index (χ1n) is 8.00. The number of ether oxygens (including phenoxy) is 1. The number of amides is 1. The molecule has 6 nitrogen and oxygen atoms in total. The molecular weight excluding hydrogens is 338 g/mol. The highest BCUT2D eigenvalue weighted by atomic mass is 32.1. The largest absolute Gasteiger partial charge is 0.466 e. The maximum Gasteiger partial charge on any atom is 0.311 e. The molecule has 0 aliphatic rings. The summed E-state index contributed by atoms with van der Waals surface area (Å²) in [4.78, 5) is 28.0. The second-order valence-electron chi connectivity index (χ2n) is 5.68. The molecule has 0 fully saturated rings. The number of thiazole rings is 1. The molecule has 1 N–H and O–H groups in total. The van der Waals surface area contributed by atoms with Crippen molar-refractivity contribution in [3.05, 3.63) is 47.1 Å². The molecule has 3 rings (SSSR count). The van der Waals surface area contributed by atoms with Gasteiger partial charge in [0.15, 0.2) is 5.13 Å². The van der Waals surface area contributed by atoms with Gasteiger partial charge in [-0.2, -0.15) is 0 Å². The van der Waals surface area contributed by atoms with Crippen molar-refractivity contribution >= 4 is 39.2 Å². The molecule has 0 bridgehead atoms. The molecule has 2 heterocycles. The molecule has 0 aliphatic heterocycles. The summed E-state index contributed by atoms with van der Waals surface area (Å²) in [6.07, 6.45) is 2.01. The fraction of sp³-hybridized carbons (Fsp3) is 0.278. The van der Waals surface area contributed by atoms with Gasteiger partial charge >= 0.3 is 5.97 Å². The Morgan fingerprint density at radius 1 is 1.32 bits per heavy atom. The molecule has 1 aromatic carbocycles. The first kappa shape index (κ1) is 17.2. The van der Waals surface area contributed by atoms with Crippen molar-refractivity contribution < 1.29 is 14.3 Å². The van der Waals surface area contributed by atoms with Crippen LogP contribution in [-0.4, -0.2) is 28.0 Å². The van der Waals surface area contributed by atoms with Crippen LogP contribution in [0.2, 0.25) is 0 Å². The van der Waals surface area contributed by atoms with Crippen LogP contribution < -0.4 is 5.32 Å². The lowest BCUT2D eigenvalue weighted by molar-refractivity contribution is -0.142. The van der Waals surface area contributed by atoms with Gasteiger partial charge in [0.05, 0.1) is 18.7 Å². The minimum absolute atomic E-state index is 0.113. The Bertz CT molecular complexity index is 913. The third kappa shape index (κ3) is 4.24. The number of esters is 1. The number of nitrogens with one attached hydrogen (secondary N) is 1. The molecule has 0 spiro atoms. The predicted octanol–water partition coefficient (Wildman–Crippen LogP) is 3.15. The summed E-state index contributed by atoms with van der Waals surface area (Å²) < 4.78 is 6.79. The zero-order valence-corrected chi connectivity index (χ0v) is 14.9. The topological polar surface area (TPSA) is 73.2 Å². The summed E-state index contributed by atoms with van der Waals surface area (Å²) in [5, 5.41) is 6.12. The fourth-order valence-corrected chi connectivity index (χ4v) is 3.30. The molecular formula is C18H19N3O3S. The number of anilines is 1. The van der Waals surface area contributed by atoms with Crippen molar-refractivity contribution in [3.63, 3.8) is 0 Å². The first-order chi connectivity index (χ1) is 12.0. The summed E-state index contributed by atoms with van der Waals surface area (Å²) in [5.41, 5.74) is 2.80. The number of carbonyl (C=O) groups is 2. The zero-order valence-electron chi connectivity index (χ0n) is 14.1. The van der Waals surface area contributed by atoms with Crippen LogP contribution in [-0.2, 0) is 27.3 Å². The normalized spacial score (nSPS) is 10.8. The average Bonchev–Trinajstić information content (AvgIpc) is 3.14. The van der Waals surface area contributed by atoms with Crippen molar-refractivity contribution in [1.82, 2.24) is 9.55 Å². The summed E-state index contributed by atoms with van der Waals surface area (Å²) in [6.45, 7) is 4.35. The van der Waals surface area contributed by atoms with Crippen LogP contribution in [0.25, 0.3) is 10.9 Å². The number of aromatic nitrogens is 2. The maximum absolute atomic E-state index is 12.3. The third-order valence-electron chi connectivity index (χ3n) is 3.67. The Hall–Kier alpha value is -2.67. The highest BCUT2D eigenvalue weighted by Gasteiger charge is 2.11. The Labute approximate surface area is 149 Å². The van der Waals surface area contributed by atoms with Gasteiger partial charge in [0.25, 0.3) is 0 Å². The molecule has 7 heteroatoms. The molecule has 0 aliphatic carbocycles. The summed E-state index contributed by atoms with van der Waals surface area (Å²) in [6, 6.07) is 8.13. The SMILES string of the molecule is CCOC(=O)Cc1csc(NC(=O)Cn2ccc3cc(C)ccc32)n1. The van der Waals surface area contributed by atoms with Crippen molar-refractivity contribution in [1.29, 1.82) is 0 Å². The summed E-state index contributed by atoms with van der Waals surface area (Å²) >= 11 is 1.30. The second-order valence-corrected chi connectivity index (χ2v) is 6.54. The smallest absolute Gasteiger partial charge is 0.311 e. The maximum atomic E-state index is 12.3. The number of carbonyl (C=O) groups excluding carboxylic acids is 2. The molecule has 0 unspecified atom stereocenters. The second kappa shape index (κ2) is 7.48. The van der Waals surface area contributed by atoms with Crippen LogP contribution >= 0.6 is 11.3 Å². The van der Waals surface area contributed by atoms with Gasteiger partial charge in [0, 0.05) is 17.1 Å². The minimum atomic E-state index is -0.320. The lowest BCUT2D eigenvalue weighted by atomic mass is 10.2. The quantitative estimate of drug-likeness (QED) is 0.688. The van der Waals surface area contributed by atoms with Crippen LogP contribution in [0.15, 0.2) is 35.8 Å². The van der Waals surface area contributed by atoms with E-state index in [0.717, 1.165) is 10.9 Å². The van der Waals surface area contributed by atoms with Gasteiger partial charge < -0.3 is 14.6 Å². The minimum Gasteiger partial charge on any atom is -0.466 e. The van der Waals surface area contributed by atoms with Gasteiger partial charge in [-0.3, -0.25) is 9.59 Å². The van der Waals surface area contributed by atoms with Gasteiger partial charge in [-0.1, -0.05) is 11.6 Å². The molecule has 2 aromatic heterocycles. The molecule has 3 aromatic rings. The van der Waals surface area contributed by atoms with Gasteiger partial charge in [-0.05, 0) is 37.4 Å². The molecule has 25 heavy (non-hydrogen) atoms. The zero-order chi connectivity index (χ0) is 17.8. The van der Waals surface area contributed by atoms with E-state index in [-0.39, 0.29) is 24.8 Å². The lowest BCUT2D eigenvalue weighted by Gasteiger charge is -2.05. The van der Waals surface area contributed by atoms with Gasteiger partial charge in [-0.15, -0.1) is 11.3 Å². The Morgan fingerprint density at radius 3 is 2.96 bits per heavy atom. The molecule has 130 valence electrons. The molecule has 0 atom stereocenters. The first-order valence-corrected chi connectivity index (χ1v) is 8.88. The number of rotatable bonds is 6. The van der Waals surface area contributed by atoms with E-state index in [0.29, 0.717) is 17.4 Å². The van der Waals surface area contributed by atoms with E-state index >= 15 is 0 Å². The van der Waals surface area contributed by atoms with Crippen LogP contribution in [0.4, 0.5) is 5.13 Å². The number of nitrogens with zero attached hydrogens (tertiary/aromatic N) is 2. The van der Waals surface area contributed by atoms with Crippen molar-refractivity contribution in [2.24, 2.45) is 0 Å². The average molecular weight is 357 g/mol. The van der Waals surface area contributed by atoms with Crippen LogP contribution in [0.1, 0.15) is 18.2 Å². The van der Waals surface area contributed by atoms with E-state index < -0.39 is 0 Å². The van der Waals surface area contributed by atoms with Crippen molar-refractivity contribution in [2.45, 2.75) is 26.8 Å². The number of hydrogen-bond donors (Lipinski definition) is 1. The fourth-order valence-electron chi connectivity index (χ4n) is 2.58. The van der Waals surface area contributed by atoms with Crippen molar-refractivity contribution in [2.75, 3.05) is 11.9 Å². The Kier molecular flexibility index (Phi) is 5.14. The summed E-state index contributed by atoms with van der Waals surface area (Å²) in [5.74, 6) is -0.477. The van der Waals surface area contributed by atoms with Crippen LogP contribution in [0.3, 0.4) is 0 Å². The molecule has 0 radical (unpaired) electrons. The number of fused-ring (bicyclic) bond motifs is 1. The van der Waals surface area contributed by atoms with E-state index in [9.17, 15) is 9.59 Å². The Balaban J connectivity index is 1.62. The van der Waals surface area contributed by atoms with E-state index in [1.54, 1.807) is 12.3 Å². The highest BCUT2D eigenvalue weighted by Crippen LogP contribution is 2.19. The lowest BCUT2D eigenvalue weighted by Crippen LogP contribution is -2.18. The van der Waals surface area contributed by atoms with Crippen LogP contribution in [0.5, 0.6) is 0 Å². The number of hydrogen-bond acceptors (Lipinski definition) is 5. The monoisotopic (exact) mass is 357 g/mol.